The fourth-order valence-electron chi connectivity index (χ4n) is 2.68. The molecule has 0 unspecified atom stereocenters. The highest BCUT2D eigenvalue weighted by Gasteiger charge is 2.17. The van der Waals surface area contributed by atoms with Gasteiger partial charge in [0.1, 0.15) is 0 Å². The summed E-state index contributed by atoms with van der Waals surface area (Å²) in [5.74, 6) is 0.755. The molecule has 0 aromatic heterocycles. The summed E-state index contributed by atoms with van der Waals surface area (Å²) in [6, 6.07) is 8.22. The lowest BCUT2D eigenvalue weighted by Crippen LogP contribution is -2.26. The summed E-state index contributed by atoms with van der Waals surface area (Å²) in [5.41, 5.74) is 5.94. The maximum Gasteiger partial charge on any atom is 0.221 e. The second kappa shape index (κ2) is 6.96. The molecule has 1 aromatic rings. The Labute approximate surface area is 134 Å². The second-order valence-electron chi connectivity index (χ2n) is 5.59. The molecule has 0 atom stereocenters. The number of hydrogen-bond donors (Lipinski definition) is 2. The lowest BCUT2D eigenvalue weighted by atomic mass is 10.1. The molecule has 5 nitrogen and oxygen atoms in total. The molecule has 1 aromatic carbocycles. The SMILES string of the molecule is CC(=O)Nc1ccc(C2=NNC(=NC3CCCC3)SC2)cc1. The van der Waals surface area contributed by atoms with E-state index < -0.39 is 0 Å². The standard InChI is InChI=1S/C16H20N4OS/c1-11(21)17-14-8-6-12(7-9-14)15-10-22-16(20-19-15)18-13-4-2-3-5-13/h6-9,13H,2-5,10H2,1H3,(H,17,21)(H,18,20). The number of amidine groups is 1. The van der Waals surface area contributed by atoms with Gasteiger partial charge in [-0.2, -0.15) is 5.10 Å². The minimum atomic E-state index is -0.0623. The van der Waals surface area contributed by atoms with Crippen LogP contribution in [0, 0.1) is 0 Å². The van der Waals surface area contributed by atoms with Gasteiger partial charge in [0, 0.05) is 18.4 Å². The summed E-state index contributed by atoms with van der Waals surface area (Å²) < 4.78 is 0. The molecule has 1 amide bonds. The molecule has 116 valence electrons. The Morgan fingerprint density at radius 2 is 2.05 bits per heavy atom. The predicted octanol–water partition coefficient (Wildman–Crippen LogP) is 2.98. The summed E-state index contributed by atoms with van der Waals surface area (Å²) in [5, 5.41) is 8.14. The van der Waals surface area contributed by atoms with E-state index in [-0.39, 0.29) is 5.91 Å². The highest BCUT2D eigenvalue weighted by atomic mass is 32.2. The molecule has 0 saturated heterocycles. The Bertz CT molecular complexity index is 603. The van der Waals surface area contributed by atoms with Gasteiger partial charge in [0.15, 0.2) is 5.17 Å². The van der Waals surface area contributed by atoms with Crippen molar-refractivity contribution in [2.45, 2.75) is 38.6 Å². The maximum absolute atomic E-state index is 11.0. The number of carbonyl (C=O) groups is 1. The number of amides is 1. The molecule has 2 N–H and O–H groups in total. The van der Waals surface area contributed by atoms with Crippen molar-refractivity contribution < 1.29 is 4.79 Å². The van der Waals surface area contributed by atoms with E-state index in [1.54, 1.807) is 11.8 Å². The van der Waals surface area contributed by atoms with Crippen LogP contribution in [-0.2, 0) is 4.79 Å². The zero-order valence-electron chi connectivity index (χ0n) is 12.6. The largest absolute Gasteiger partial charge is 0.326 e. The zero-order chi connectivity index (χ0) is 15.4. The van der Waals surface area contributed by atoms with Gasteiger partial charge in [-0.25, -0.2) is 0 Å². The number of hydrazone groups is 1. The van der Waals surface area contributed by atoms with Crippen LogP contribution in [0.3, 0.4) is 0 Å². The van der Waals surface area contributed by atoms with Crippen molar-refractivity contribution in [3.8, 4) is 0 Å². The first-order valence-electron chi connectivity index (χ1n) is 7.62. The number of hydrogen-bond acceptors (Lipinski definition) is 4. The topological polar surface area (TPSA) is 65.8 Å². The van der Waals surface area contributed by atoms with Crippen LogP contribution in [0.4, 0.5) is 5.69 Å². The Hall–Kier alpha value is -1.82. The van der Waals surface area contributed by atoms with Gasteiger partial charge in [0.25, 0.3) is 0 Å². The smallest absolute Gasteiger partial charge is 0.221 e. The molecule has 0 radical (unpaired) electrons. The van der Waals surface area contributed by atoms with E-state index in [4.69, 9.17) is 4.99 Å². The second-order valence-corrected chi connectivity index (χ2v) is 6.55. The van der Waals surface area contributed by atoms with E-state index in [0.29, 0.717) is 6.04 Å². The molecule has 2 aliphatic rings. The van der Waals surface area contributed by atoms with E-state index >= 15 is 0 Å². The summed E-state index contributed by atoms with van der Waals surface area (Å²) in [6.45, 7) is 1.50. The lowest BCUT2D eigenvalue weighted by Gasteiger charge is -2.16. The summed E-state index contributed by atoms with van der Waals surface area (Å²) in [4.78, 5) is 15.7. The zero-order valence-corrected chi connectivity index (χ0v) is 13.4. The van der Waals surface area contributed by atoms with Crippen molar-refractivity contribution in [3.05, 3.63) is 29.8 Å². The van der Waals surface area contributed by atoms with Gasteiger partial charge < -0.3 is 5.32 Å². The fourth-order valence-corrected chi connectivity index (χ4v) is 3.52. The summed E-state index contributed by atoms with van der Waals surface area (Å²) >= 11 is 1.71. The van der Waals surface area contributed by atoms with Gasteiger partial charge >= 0.3 is 0 Å². The van der Waals surface area contributed by atoms with Gasteiger partial charge in [0.2, 0.25) is 5.91 Å². The minimum absolute atomic E-state index is 0.0623. The summed E-state index contributed by atoms with van der Waals surface area (Å²) in [7, 11) is 0. The third kappa shape index (κ3) is 3.88. The molecule has 0 spiro atoms. The molecule has 1 aliphatic carbocycles. The molecular weight excluding hydrogens is 296 g/mol. The third-order valence-corrected chi connectivity index (χ3v) is 4.68. The first-order chi connectivity index (χ1) is 10.7. The Balaban J connectivity index is 1.63. The molecular formula is C16H20N4OS. The molecule has 1 saturated carbocycles. The molecule has 22 heavy (non-hydrogen) atoms. The molecule has 1 fully saturated rings. The van der Waals surface area contributed by atoms with Crippen molar-refractivity contribution in [2.24, 2.45) is 10.1 Å². The van der Waals surface area contributed by atoms with E-state index in [1.807, 2.05) is 24.3 Å². The average molecular weight is 316 g/mol. The van der Waals surface area contributed by atoms with E-state index in [0.717, 1.165) is 27.9 Å². The number of rotatable bonds is 3. The van der Waals surface area contributed by atoms with Crippen LogP contribution in [-0.4, -0.2) is 28.6 Å². The number of thioether (sulfide) groups is 1. The highest BCUT2D eigenvalue weighted by molar-refractivity contribution is 8.14. The normalized spacial score (nSPS) is 20.6. The highest BCUT2D eigenvalue weighted by Crippen LogP contribution is 2.23. The van der Waals surface area contributed by atoms with Gasteiger partial charge in [0.05, 0.1) is 11.8 Å². The quantitative estimate of drug-likeness (QED) is 0.901. The first kappa shape index (κ1) is 15.1. The van der Waals surface area contributed by atoms with Crippen molar-refractivity contribution in [1.82, 2.24) is 5.43 Å². The van der Waals surface area contributed by atoms with Crippen LogP contribution >= 0.6 is 11.8 Å². The van der Waals surface area contributed by atoms with Crippen LogP contribution in [0.15, 0.2) is 34.4 Å². The van der Waals surface area contributed by atoms with E-state index in [9.17, 15) is 4.79 Å². The number of nitrogens with zero attached hydrogens (tertiary/aromatic N) is 2. The van der Waals surface area contributed by atoms with E-state index in [2.05, 4.69) is 15.8 Å². The number of nitrogens with one attached hydrogen (secondary N) is 2. The van der Waals surface area contributed by atoms with Crippen LogP contribution in [0.5, 0.6) is 0 Å². The predicted molar refractivity (Wildman–Crippen MR) is 92.6 cm³/mol. The molecule has 0 bridgehead atoms. The van der Waals surface area contributed by atoms with Gasteiger partial charge in [-0.05, 0) is 30.5 Å². The minimum Gasteiger partial charge on any atom is -0.326 e. The molecule has 1 aliphatic heterocycles. The number of benzene rings is 1. The Kier molecular flexibility index (Phi) is 4.77. The van der Waals surface area contributed by atoms with Crippen LogP contribution in [0.2, 0.25) is 0 Å². The Morgan fingerprint density at radius 3 is 2.64 bits per heavy atom. The molecule has 6 heteroatoms. The number of carbonyl (C=O) groups excluding carboxylic acids is 1. The van der Waals surface area contributed by atoms with Crippen LogP contribution < -0.4 is 10.7 Å². The first-order valence-corrected chi connectivity index (χ1v) is 8.60. The summed E-state index contributed by atoms with van der Waals surface area (Å²) in [6.07, 6.45) is 4.99. The van der Waals surface area contributed by atoms with Crippen LogP contribution in [0.25, 0.3) is 0 Å². The van der Waals surface area contributed by atoms with Gasteiger partial charge in [-0.1, -0.05) is 36.7 Å². The monoisotopic (exact) mass is 316 g/mol. The third-order valence-electron chi connectivity index (χ3n) is 3.80. The van der Waals surface area contributed by atoms with Gasteiger partial charge in [-0.15, -0.1) is 0 Å². The number of aliphatic imine (C=N–C) groups is 1. The van der Waals surface area contributed by atoms with Crippen molar-refractivity contribution in [3.63, 3.8) is 0 Å². The van der Waals surface area contributed by atoms with Crippen molar-refractivity contribution in [2.75, 3.05) is 11.1 Å². The average Bonchev–Trinajstić information content (AvgIpc) is 3.01. The van der Waals surface area contributed by atoms with Crippen molar-refractivity contribution in [1.29, 1.82) is 0 Å². The van der Waals surface area contributed by atoms with E-state index in [1.165, 1.54) is 32.6 Å². The molecule has 3 rings (SSSR count). The lowest BCUT2D eigenvalue weighted by molar-refractivity contribution is -0.114. The Morgan fingerprint density at radius 1 is 1.32 bits per heavy atom. The molecule has 1 heterocycles. The maximum atomic E-state index is 11.0. The van der Waals surface area contributed by atoms with Gasteiger partial charge in [-0.3, -0.25) is 15.2 Å². The van der Waals surface area contributed by atoms with Crippen molar-refractivity contribution >= 4 is 34.2 Å². The number of anilines is 1. The fraction of sp³-hybridized carbons (Fsp3) is 0.438. The van der Waals surface area contributed by atoms with Crippen LogP contribution in [0.1, 0.15) is 38.2 Å².